The number of aryl methyl sites for hydroxylation is 1. The number of phenolic OH excluding ortho intramolecular Hbond substituents is 1. The summed E-state index contributed by atoms with van der Waals surface area (Å²) in [6.45, 7) is 2.38. The monoisotopic (exact) mass is 479 g/mol. The number of nitrogens with two attached hydrogens (primary N) is 1. The van der Waals surface area contributed by atoms with E-state index in [0.717, 1.165) is 15.1 Å². The smallest absolute Gasteiger partial charge is 0.268 e. The average Bonchev–Trinajstić information content (AvgIpc) is 3.20. The fraction of sp³-hybridized carbons (Fsp3) is 0.200. The van der Waals surface area contributed by atoms with Crippen LogP contribution in [-0.4, -0.2) is 42.2 Å². The Morgan fingerprint density at radius 1 is 1.00 bits per heavy atom. The second-order valence-corrected chi connectivity index (χ2v) is 9.94. The number of aromatic hydroxyl groups is 1. The zero-order valence-corrected chi connectivity index (χ0v) is 19.4. The Bertz CT molecular complexity index is 1390. The molecule has 176 valence electrons. The molecular formula is C25H25N3O5S. The molecular weight excluding hydrogens is 454 g/mol. The van der Waals surface area contributed by atoms with E-state index in [1.54, 1.807) is 36.4 Å². The zero-order chi connectivity index (χ0) is 24.5. The molecule has 0 bridgehead atoms. The number of aromatic nitrogens is 1. The number of hydrogen-bond acceptors (Lipinski definition) is 7. The van der Waals surface area contributed by atoms with E-state index in [-0.39, 0.29) is 40.6 Å². The number of hydrogen-bond donors (Lipinski definition) is 3. The topological polar surface area (TPSA) is 131 Å². The van der Waals surface area contributed by atoms with Crippen molar-refractivity contribution in [1.82, 2.24) is 9.29 Å². The van der Waals surface area contributed by atoms with E-state index >= 15 is 0 Å². The van der Waals surface area contributed by atoms with Crippen molar-refractivity contribution in [3.63, 3.8) is 0 Å². The van der Waals surface area contributed by atoms with Crippen molar-refractivity contribution in [1.29, 1.82) is 0 Å². The van der Waals surface area contributed by atoms with Crippen molar-refractivity contribution >= 4 is 21.6 Å². The van der Waals surface area contributed by atoms with Crippen molar-refractivity contribution in [2.45, 2.75) is 24.7 Å². The molecule has 9 heteroatoms. The average molecular weight is 480 g/mol. The molecule has 4 N–H and O–H groups in total. The molecule has 0 spiro atoms. The molecule has 1 aromatic heterocycles. The van der Waals surface area contributed by atoms with Gasteiger partial charge in [-0.1, -0.05) is 29.8 Å². The molecule has 0 amide bonds. The maximum atomic E-state index is 13.4. The van der Waals surface area contributed by atoms with Gasteiger partial charge in [-0.15, -0.1) is 0 Å². The van der Waals surface area contributed by atoms with E-state index in [9.17, 15) is 23.1 Å². The fourth-order valence-corrected chi connectivity index (χ4v) is 5.30. The predicted octanol–water partition coefficient (Wildman–Crippen LogP) is 2.34. The summed E-state index contributed by atoms with van der Waals surface area (Å²) in [4.78, 5) is 26.4. The van der Waals surface area contributed by atoms with Crippen molar-refractivity contribution in [3.05, 3.63) is 94.4 Å². The van der Waals surface area contributed by atoms with E-state index in [0.29, 0.717) is 18.5 Å². The number of carbonyl (C=O) groups is 2. The van der Waals surface area contributed by atoms with Crippen LogP contribution < -0.4 is 11.1 Å². The van der Waals surface area contributed by atoms with Crippen LogP contribution in [0.4, 0.5) is 0 Å². The zero-order valence-electron chi connectivity index (χ0n) is 18.6. The lowest BCUT2D eigenvalue weighted by molar-refractivity contribution is 0.0974. The highest BCUT2D eigenvalue weighted by atomic mass is 32.2. The van der Waals surface area contributed by atoms with Crippen molar-refractivity contribution in [3.8, 4) is 5.75 Å². The lowest BCUT2D eigenvalue weighted by Crippen LogP contribution is -2.31. The molecule has 0 radical (unpaired) electrons. The second kappa shape index (κ2) is 9.28. The van der Waals surface area contributed by atoms with Crippen LogP contribution in [0.5, 0.6) is 5.75 Å². The Labute approximate surface area is 197 Å². The number of fused-ring (bicyclic) bond motifs is 1. The third kappa shape index (κ3) is 4.40. The van der Waals surface area contributed by atoms with Crippen LogP contribution in [0.3, 0.4) is 0 Å². The summed E-state index contributed by atoms with van der Waals surface area (Å²) in [5, 5.41) is 12.4. The van der Waals surface area contributed by atoms with E-state index in [2.05, 4.69) is 5.32 Å². The Morgan fingerprint density at radius 2 is 1.68 bits per heavy atom. The van der Waals surface area contributed by atoms with E-state index in [4.69, 9.17) is 5.73 Å². The van der Waals surface area contributed by atoms with Crippen LogP contribution in [0.25, 0.3) is 0 Å². The molecule has 4 rings (SSSR count). The Morgan fingerprint density at radius 3 is 2.32 bits per heavy atom. The third-order valence-electron chi connectivity index (χ3n) is 5.69. The highest BCUT2D eigenvalue weighted by Gasteiger charge is 2.36. The molecule has 3 aromatic rings. The van der Waals surface area contributed by atoms with Gasteiger partial charge in [-0.3, -0.25) is 9.59 Å². The van der Waals surface area contributed by atoms with Crippen LogP contribution >= 0.6 is 0 Å². The van der Waals surface area contributed by atoms with Crippen molar-refractivity contribution < 1.29 is 23.1 Å². The third-order valence-corrected chi connectivity index (χ3v) is 7.36. The number of nitrogens with zero attached hydrogens (tertiary/aromatic N) is 1. The van der Waals surface area contributed by atoms with Gasteiger partial charge in [0.15, 0.2) is 5.78 Å². The van der Waals surface area contributed by atoms with Crippen LogP contribution in [0, 0.1) is 6.92 Å². The number of Topliss-reactive ketones (excluding diaryl/α,β-unsaturated/α-hetero) is 1. The van der Waals surface area contributed by atoms with Gasteiger partial charge in [0.1, 0.15) is 11.4 Å². The number of allylic oxidation sites excluding steroid dienone is 2. The first-order chi connectivity index (χ1) is 16.2. The van der Waals surface area contributed by atoms with Crippen LogP contribution in [0.1, 0.15) is 37.5 Å². The van der Waals surface area contributed by atoms with Crippen molar-refractivity contribution in [2.24, 2.45) is 5.73 Å². The lowest BCUT2D eigenvalue weighted by atomic mass is 9.95. The summed E-state index contributed by atoms with van der Waals surface area (Å²) in [5.41, 5.74) is 7.86. The molecule has 0 saturated carbocycles. The summed E-state index contributed by atoms with van der Waals surface area (Å²) in [5.74, 6) is -0.855. The number of carbonyl (C=O) groups excluding carboxylic acids is 2. The van der Waals surface area contributed by atoms with Gasteiger partial charge in [0.05, 0.1) is 16.2 Å². The van der Waals surface area contributed by atoms with E-state index < -0.39 is 21.6 Å². The normalized spacial score (nSPS) is 13.5. The highest BCUT2D eigenvalue weighted by Crippen LogP contribution is 2.29. The number of nitrogens with one attached hydrogen (secondary N) is 1. The molecule has 0 atom stereocenters. The summed E-state index contributed by atoms with van der Waals surface area (Å²) in [6.07, 6.45) is 3.34. The maximum Gasteiger partial charge on any atom is 0.268 e. The summed E-state index contributed by atoms with van der Waals surface area (Å²) in [7, 11) is -4.12. The highest BCUT2D eigenvalue weighted by molar-refractivity contribution is 7.90. The van der Waals surface area contributed by atoms with E-state index in [1.165, 1.54) is 24.4 Å². The van der Waals surface area contributed by atoms with Gasteiger partial charge in [0.2, 0.25) is 5.78 Å². The largest absolute Gasteiger partial charge is 0.508 e. The first kappa shape index (κ1) is 23.5. The summed E-state index contributed by atoms with van der Waals surface area (Å²) in [6, 6.07) is 12.9. The first-order valence-electron chi connectivity index (χ1n) is 10.8. The predicted molar refractivity (Wildman–Crippen MR) is 128 cm³/mol. The number of ketones is 2. The number of phenols is 1. The minimum atomic E-state index is -4.12. The Balaban J connectivity index is 1.68. The lowest BCUT2D eigenvalue weighted by Gasteiger charge is -2.17. The fourth-order valence-electron chi connectivity index (χ4n) is 3.91. The standard InChI is InChI=1S/C25H25N3O5S/c1-16-2-8-20(9-3-16)34(32,33)28-15-18(10-12-26)23-22(30)14-21(25(31)24(23)28)27-13-11-17-4-6-19(29)7-5-17/h2-9,14-15,27,29H,10-13,26H2,1H3. The van der Waals surface area contributed by atoms with E-state index in [1.807, 2.05) is 6.92 Å². The van der Waals surface area contributed by atoms with Crippen LogP contribution in [-0.2, 0) is 22.9 Å². The molecule has 0 aliphatic heterocycles. The minimum absolute atomic E-state index is 0.0202. The summed E-state index contributed by atoms with van der Waals surface area (Å²) >= 11 is 0. The van der Waals surface area contributed by atoms with Crippen LogP contribution in [0.2, 0.25) is 0 Å². The molecule has 1 heterocycles. The molecule has 1 aliphatic carbocycles. The first-order valence-corrected chi connectivity index (χ1v) is 12.3. The molecule has 0 fully saturated rings. The van der Waals surface area contributed by atoms with Gasteiger partial charge in [-0.2, -0.15) is 0 Å². The van der Waals surface area contributed by atoms with Gasteiger partial charge in [0.25, 0.3) is 10.0 Å². The molecule has 0 saturated heterocycles. The molecule has 2 aromatic carbocycles. The second-order valence-electron chi connectivity index (χ2n) is 8.13. The van der Waals surface area contributed by atoms with Gasteiger partial charge >= 0.3 is 0 Å². The molecule has 8 nitrogen and oxygen atoms in total. The number of benzene rings is 2. The molecule has 1 aliphatic rings. The van der Waals surface area contributed by atoms with Gasteiger partial charge in [0, 0.05) is 18.8 Å². The molecule has 0 unspecified atom stereocenters. The van der Waals surface area contributed by atoms with Gasteiger partial charge < -0.3 is 16.2 Å². The van der Waals surface area contributed by atoms with Crippen molar-refractivity contribution in [2.75, 3.05) is 13.1 Å². The summed E-state index contributed by atoms with van der Waals surface area (Å²) < 4.78 is 27.8. The quantitative estimate of drug-likeness (QED) is 0.452. The Hall–Kier alpha value is -3.69. The van der Waals surface area contributed by atoms with Gasteiger partial charge in [-0.05, 0) is 61.7 Å². The van der Waals surface area contributed by atoms with Crippen LogP contribution in [0.15, 0.2) is 71.4 Å². The minimum Gasteiger partial charge on any atom is -0.508 e. The SMILES string of the molecule is Cc1ccc(S(=O)(=O)n2cc(CCN)c3c2C(=O)C(NCCc2ccc(O)cc2)=CC3=O)cc1. The Kier molecular flexibility index (Phi) is 6.41. The maximum absolute atomic E-state index is 13.4. The molecule has 34 heavy (non-hydrogen) atoms. The number of rotatable bonds is 8. The van der Waals surface area contributed by atoms with Gasteiger partial charge in [-0.25, -0.2) is 12.4 Å².